The van der Waals surface area contributed by atoms with Gasteiger partial charge in [0.25, 0.3) is 0 Å². The molecule has 29 heavy (non-hydrogen) atoms. The lowest BCUT2D eigenvalue weighted by molar-refractivity contribution is 0.0191. The molecule has 7 heteroatoms. The van der Waals surface area contributed by atoms with E-state index in [0.29, 0.717) is 18.6 Å². The molecule has 1 aliphatic carbocycles. The number of ketones is 1. The fourth-order valence-electron chi connectivity index (χ4n) is 5.47. The molecule has 5 heterocycles. The van der Waals surface area contributed by atoms with Crippen molar-refractivity contribution in [3.8, 4) is 0 Å². The molecule has 2 aromatic heterocycles. The lowest BCUT2D eigenvalue weighted by Gasteiger charge is -2.47. The second kappa shape index (κ2) is 7.29. The summed E-state index contributed by atoms with van der Waals surface area (Å²) in [5.74, 6) is 1.49. The molecule has 0 radical (unpaired) electrons. The van der Waals surface area contributed by atoms with Gasteiger partial charge in [-0.15, -0.1) is 0 Å². The number of carbonyl (C=O) groups excluding carboxylic acids is 1. The average molecular weight is 413 g/mol. The van der Waals surface area contributed by atoms with Crippen molar-refractivity contribution in [1.82, 2.24) is 19.7 Å². The van der Waals surface area contributed by atoms with E-state index in [9.17, 15) is 4.79 Å². The van der Waals surface area contributed by atoms with E-state index in [-0.39, 0.29) is 11.7 Å². The van der Waals surface area contributed by atoms with Crippen molar-refractivity contribution in [1.29, 1.82) is 0 Å². The molecule has 0 spiro atoms. The molecule has 1 unspecified atom stereocenters. The van der Waals surface area contributed by atoms with Gasteiger partial charge >= 0.3 is 0 Å². The zero-order valence-corrected chi connectivity index (χ0v) is 18.9. The Morgan fingerprint density at radius 3 is 2.69 bits per heavy atom. The van der Waals surface area contributed by atoms with Gasteiger partial charge in [-0.25, -0.2) is 4.68 Å². The number of ether oxygens (including phenoxy) is 1. The van der Waals surface area contributed by atoms with Gasteiger partial charge < -0.3 is 9.64 Å². The number of pyridine rings is 1. The van der Waals surface area contributed by atoms with Crippen LogP contribution in [0.2, 0.25) is 25.7 Å². The highest BCUT2D eigenvalue weighted by Crippen LogP contribution is 2.42. The quantitative estimate of drug-likeness (QED) is 0.537. The Labute approximate surface area is 173 Å². The first-order valence-electron chi connectivity index (χ1n) is 11.1. The van der Waals surface area contributed by atoms with E-state index in [0.717, 1.165) is 47.8 Å². The van der Waals surface area contributed by atoms with E-state index < -0.39 is 8.07 Å². The first-order valence-corrected chi connectivity index (χ1v) is 14.8. The lowest BCUT2D eigenvalue weighted by Crippen LogP contribution is -2.51. The van der Waals surface area contributed by atoms with Gasteiger partial charge in [-0.05, 0) is 43.8 Å². The summed E-state index contributed by atoms with van der Waals surface area (Å²) in [5.41, 5.74) is 2.78. The normalized spacial score (nSPS) is 29.0. The minimum atomic E-state index is -1.11. The van der Waals surface area contributed by atoms with E-state index in [4.69, 9.17) is 9.84 Å². The molecule has 2 aromatic rings. The third kappa shape index (κ3) is 3.57. The molecule has 3 fully saturated rings. The van der Waals surface area contributed by atoms with Crippen molar-refractivity contribution in [2.45, 2.75) is 51.7 Å². The SMILES string of the molecule is C[Si](C)(C)CCOCn1nc2c3c(cncc31)C(=O)[C@H](C1CN3CCC1CC3)C2. The molecule has 2 atom stereocenters. The Kier molecular flexibility index (Phi) is 4.87. The van der Waals surface area contributed by atoms with Gasteiger partial charge in [0.05, 0.1) is 17.4 Å². The summed E-state index contributed by atoms with van der Waals surface area (Å²) >= 11 is 0. The summed E-state index contributed by atoms with van der Waals surface area (Å²) in [6.07, 6.45) is 6.84. The Morgan fingerprint density at radius 2 is 2.00 bits per heavy atom. The fraction of sp³-hybridized carbons (Fsp3) is 0.682. The van der Waals surface area contributed by atoms with Gasteiger partial charge in [-0.1, -0.05) is 19.6 Å². The van der Waals surface area contributed by atoms with Crippen LogP contribution in [0.15, 0.2) is 12.4 Å². The highest BCUT2D eigenvalue weighted by molar-refractivity contribution is 6.76. The van der Waals surface area contributed by atoms with E-state index in [1.165, 1.54) is 25.9 Å². The Hall–Kier alpha value is -1.57. The van der Waals surface area contributed by atoms with Crippen molar-refractivity contribution in [3.63, 3.8) is 0 Å². The minimum Gasteiger partial charge on any atom is -0.360 e. The molecule has 0 N–H and O–H groups in total. The highest BCUT2D eigenvalue weighted by Gasteiger charge is 2.44. The minimum absolute atomic E-state index is 0.0548. The number of Topliss-reactive ketones (excluding diaryl/α,β-unsaturated/α-hetero) is 1. The zero-order chi connectivity index (χ0) is 20.2. The summed E-state index contributed by atoms with van der Waals surface area (Å²) in [5, 5.41) is 5.90. The van der Waals surface area contributed by atoms with Crippen molar-refractivity contribution >= 4 is 24.8 Å². The number of fused-ring (bicyclic) bond motifs is 3. The van der Waals surface area contributed by atoms with Crippen LogP contribution < -0.4 is 0 Å². The van der Waals surface area contributed by atoms with Crippen molar-refractivity contribution in [2.24, 2.45) is 17.8 Å². The number of hydrogen-bond acceptors (Lipinski definition) is 5. The third-order valence-electron chi connectivity index (χ3n) is 7.18. The molecular formula is C22H32N4O2Si. The summed E-state index contributed by atoms with van der Waals surface area (Å²) in [7, 11) is -1.11. The van der Waals surface area contributed by atoms with E-state index >= 15 is 0 Å². The molecule has 0 saturated carbocycles. The first-order chi connectivity index (χ1) is 13.9. The van der Waals surface area contributed by atoms with Crippen molar-refractivity contribution in [2.75, 3.05) is 26.2 Å². The standard InChI is InChI=1S/C22H32N4O2Si/c1-29(2,3)9-8-28-14-26-20-12-23-11-17-21(20)19(24-26)10-16(22(17)27)18-13-25-6-4-15(18)5-7-25/h11-12,15-16,18H,4-10,13-14H2,1-3H3/t16-,18?/m0/s1. The predicted octanol–water partition coefficient (Wildman–Crippen LogP) is 3.44. The maximum absolute atomic E-state index is 13.4. The molecule has 2 bridgehead atoms. The van der Waals surface area contributed by atoms with Crippen molar-refractivity contribution in [3.05, 3.63) is 23.7 Å². The lowest BCUT2D eigenvalue weighted by atomic mass is 9.67. The van der Waals surface area contributed by atoms with E-state index in [2.05, 4.69) is 29.5 Å². The van der Waals surface area contributed by atoms with Gasteiger partial charge in [-0.3, -0.25) is 9.78 Å². The van der Waals surface area contributed by atoms with Crippen LogP contribution in [-0.2, 0) is 17.9 Å². The van der Waals surface area contributed by atoms with Gasteiger partial charge in [0.1, 0.15) is 6.73 Å². The first kappa shape index (κ1) is 19.4. The maximum Gasteiger partial charge on any atom is 0.168 e. The largest absolute Gasteiger partial charge is 0.360 e. The molecular weight excluding hydrogens is 380 g/mol. The van der Waals surface area contributed by atoms with E-state index in [1.807, 2.05) is 10.9 Å². The van der Waals surface area contributed by atoms with Crippen LogP contribution in [0, 0.1) is 17.8 Å². The molecule has 6 nitrogen and oxygen atoms in total. The van der Waals surface area contributed by atoms with Crippen LogP contribution >= 0.6 is 0 Å². The number of nitrogens with zero attached hydrogens (tertiary/aromatic N) is 4. The van der Waals surface area contributed by atoms with Crippen LogP contribution in [-0.4, -0.2) is 59.8 Å². The second-order valence-corrected chi connectivity index (χ2v) is 16.0. The van der Waals surface area contributed by atoms with Crippen LogP contribution in [0.25, 0.3) is 10.9 Å². The van der Waals surface area contributed by atoms with Crippen LogP contribution in [0.4, 0.5) is 0 Å². The van der Waals surface area contributed by atoms with E-state index in [1.54, 1.807) is 6.20 Å². The predicted molar refractivity (Wildman–Crippen MR) is 116 cm³/mol. The molecule has 0 amide bonds. The average Bonchev–Trinajstić information content (AvgIpc) is 3.07. The molecule has 6 rings (SSSR count). The number of rotatable bonds is 6. The highest BCUT2D eigenvalue weighted by atomic mass is 28.3. The molecule has 4 aliphatic rings. The summed E-state index contributed by atoms with van der Waals surface area (Å²) in [6, 6.07) is 1.14. The van der Waals surface area contributed by atoms with Crippen LogP contribution in [0.1, 0.15) is 28.9 Å². The Morgan fingerprint density at radius 1 is 1.21 bits per heavy atom. The zero-order valence-electron chi connectivity index (χ0n) is 17.9. The van der Waals surface area contributed by atoms with Crippen LogP contribution in [0.3, 0.4) is 0 Å². The second-order valence-electron chi connectivity index (χ2n) is 10.4. The Bertz CT molecular complexity index is 927. The number of aromatic nitrogens is 3. The maximum atomic E-state index is 13.4. The summed E-state index contributed by atoms with van der Waals surface area (Å²) in [4.78, 5) is 20.4. The molecule has 3 saturated heterocycles. The molecule has 0 aromatic carbocycles. The summed E-state index contributed by atoms with van der Waals surface area (Å²) in [6.45, 7) is 11.7. The van der Waals surface area contributed by atoms with Gasteiger partial charge in [0.2, 0.25) is 0 Å². The smallest absolute Gasteiger partial charge is 0.168 e. The number of hydrogen-bond donors (Lipinski definition) is 0. The molecule has 156 valence electrons. The van der Waals surface area contributed by atoms with Crippen LogP contribution in [0.5, 0.6) is 0 Å². The van der Waals surface area contributed by atoms with Gasteiger partial charge in [0.15, 0.2) is 5.78 Å². The topological polar surface area (TPSA) is 60.2 Å². The Balaban J connectivity index is 1.39. The van der Waals surface area contributed by atoms with Gasteiger partial charge in [0, 0.05) is 50.7 Å². The van der Waals surface area contributed by atoms with Crippen molar-refractivity contribution < 1.29 is 9.53 Å². The number of carbonyl (C=O) groups is 1. The summed E-state index contributed by atoms with van der Waals surface area (Å²) < 4.78 is 7.86. The third-order valence-corrected chi connectivity index (χ3v) is 8.89. The monoisotopic (exact) mass is 412 g/mol. The molecule has 3 aliphatic heterocycles. The van der Waals surface area contributed by atoms with Gasteiger partial charge in [-0.2, -0.15) is 5.10 Å². The fourth-order valence-corrected chi connectivity index (χ4v) is 6.23. The number of piperidine rings is 3.